The van der Waals surface area contributed by atoms with E-state index in [0.717, 1.165) is 26.4 Å². The minimum atomic E-state index is -1.38. The van der Waals surface area contributed by atoms with Crippen molar-refractivity contribution in [2.24, 2.45) is 5.92 Å². The molecule has 1 aromatic heterocycles. The van der Waals surface area contributed by atoms with Crippen LogP contribution in [0.1, 0.15) is 53.9 Å². The summed E-state index contributed by atoms with van der Waals surface area (Å²) in [7, 11) is 0. The van der Waals surface area contributed by atoms with Gasteiger partial charge in [0.2, 0.25) is 11.8 Å². The normalized spacial score (nSPS) is 13.2. The van der Waals surface area contributed by atoms with Gasteiger partial charge < -0.3 is 35.5 Å². The van der Waals surface area contributed by atoms with Gasteiger partial charge in [0.05, 0.1) is 30.6 Å². The van der Waals surface area contributed by atoms with E-state index in [1.807, 2.05) is 86.6 Å². The molecule has 5 rings (SSSR count). The van der Waals surface area contributed by atoms with Gasteiger partial charge in [0.15, 0.2) is 12.4 Å². The van der Waals surface area contributed by atoms with E-state index in [2.05, 4.69) is 41.8 Å². The van der Waals surface area contributed by atoms with Crippen molar-refractivity contribution >= 4 is 56.4 Å². The Morgan fingerprint density at radius 3 is 2.19 bits per heavy atom. The lowest BCUT2D eigenvalue weighted by molar-refractivity contribution is -0.145. The number of halogens is 1. The topological polar surface area (TPSA) is 189 Å². The summed E-state index contributed by atoms with van der Waals surface area (Å²) in [5, 5.41) is 21.4. The van der Waals surface area contributed by atoms with Crippen molar-refractivity contribution in [2.45, 2.75) is 70.4 Å². The summed E-state index contributed by atoms with van der Waals surface area (Å²) in [5.74, 6) is -2.55. The number of alkyl carbamates (subject to hydrolysis) is 1. The summed E-state index contributed by atoms with van der Waals surface area (Å²) in [4.78, 5) is 73.8. The van der Waals surface area contributed by atoms with Gasteiger partial charge >= 0.3 is 12.1 Å². The van der Waals surface area contributed by atoms with Gasteiger partial charge in [-0.2, -0.15) is 0 Å². The molecule has 0 radical (unpaired) electrons. The number of amides is 3. The molecule has 13 nitrogen and oxygen atoms in total. The molecule has 3 amide bonds. The molecule has 4 atom stereocenters. The summed E-state index contributed by atoms with van der Waals surface area (Å²) in [6, 6.07) is 25.8. The van der Waals surface area contributed by atoms with Crippen LogP contribution in [0, 0.1) is 5.92 Å². The molecule has 5 aromatic rings. The number of esters is 1. The first-order valence-electron chi connectivity index (χ1n) is 18.6. The number of aromatic nitrogens is 2. The Labute approximate surface area is 339 Å². The number of Topliss-reactive ketones (excluding diaryl/α,β-unsaturated/α-hetero) is 1. The summed E-state index contributed by atoms with van der Waals surface area (Å²) in [6.07, 6.45) is 0.648. The van der Waals surface area contributed by atoms with Crippen LogP contribution >= 0.6 is 15.9 Å². The van der Waals surface area contributed by atoms with Crippen LogP contribution < -0.4 is 16.0 Å². The van der Waals surface area contributed by atoms with Crippen molar-refractivity contribution < 1.29 is 38.6 Å². The Morgan fingerprint density at radius 1 is 0.789 bits per heavy atom. The monoisotopic (exact) mass is 839 g/mol. The van der Waals surface area contributed by atoms with Crippen LogP contribution in [0.25, 0.3) is 10.8 Å². The van der Waals surface area contributed by atoms with Gasteiger partial charge in [-0.25, -0.2) is 9.78 Å². The van der Waals surface area contributed by atoms with Crippen LogP contribution in [0.5, 0.6) is 0 Å². The first-order chi connectivity index (χ1) is 27.4. The second-order valence-corrected chi connectivity index (χ2v) is 14.9. The lowest BCUT2D eigenvalue weighted by atomic mass is 9.96. The molecule has 1 heterocycles. The number of hydrogen-bond donors (Lipinski definition) is 5. The van der Waals surface area contributed by atoms with Crippen molar-refractivity contribution in [3.05, 3.63) is 136 Å². The number of nitrogens with zero attached hydrogens (tertiary/aromatic N) is 1. The fourth-order valence-electron chi connectivity index (χ4n) is 6.24. The van der Waals surface area contributed by atoms with E-state index in [1.165, 1.54) is 6.33 Å². The largest absolute Gasteiger partial charge is 0.457 e. The van der Waals surface area contributed by atoms with Crippen molar-refractivity contribution in [1.29, 1.82) is 0 Å². The number of carbonyl (C=O) groups is 5. The van der Waals surface area contributed by atoms with Crippen molar-refractivity contribution in [3.63, 3.8) is 0 Å². The zero-order valence-corrected chi connectivity index (χ0v) is 33.2. The molecule has 0 spiro atoms. The van der Waals surface area contributed by atoms with Gasteiger partial charge in [0.25, 0.3) is 0 Å². The molecule has 0 aliphatic heterocycles. The number of hydrogen-bond acceptors (Lipinski definition) is 9. The second kappa shape index (κ2) is 20.9. The molecule has 14 heteroatoms. The number of rotatable bonds is 19. The highest BCUT2D eigenvalue weighted by atomic mass is 79.9. The molecule has 0 saturated heterocycles. The number of nitrogens with one attached hydrogen (secondary N) is 4. The molecule has 5 N–H and O–H groups in total. The van der Waals surface area contributed by atoms with Crippen molar-refractivity contribution in [3.8, 4) is 0 Å². The number of aliphatic hydroxyl groups excluding tert-OH is 1. The lowest BCUT2D eigenvalue weighted by Gasteiger charge is -2.28. The van der Waals surface area contributed by atoms with E-state index in [-0.39, 0.29) is 31.8 Å². The van der Waals surface area contributed by atoms with Gasteiger partial charge in [-0.3, -0.25) is 19.2 Å². The quantitative estimate of drug-likeness (QED) is 0.0521. The molecule has 0 aliphatic rings. The first kappa shape index (κ1) is 42.3. The Bertz CT molecular complexity index is 2110. The van der Waals surface area contributed by atoms with Crippen LogP contribution in [0.15, 0.2) is 114 Å². The zero-order chi connectivity index (χ0) is 40.7. The average Bonchev–Trinajstić information content (AvgIpc) is 3.72. The van der Waals surface area contributed by atoms with Crippen LogP contribution in [0.4, 0.5) is 4.79 Å². The second-order valence-electron chi connectivity index (χ2n) is 14.0. The number of aromatic amines is 1. The summed E-state index contributed by atoms with van der Waals surface area (Å²) >= 11 is 3.31. The summed E-state index contributed by atoms with van der Waals surface area (Å²) < 4.78 is 11.4. The minimum absolute atomic E-state index is 0.0180. The smallest absolute Gasteiger partial charge is 0.408 e. The Morgan fingerprint density at radius 2 is 1.47 bits per heavy atom. The van der Waals surface area contributed by atoms with Crippen molar-refractivity contribution in [2.75, 3.05) is 6.61 Å². The third-order valence-electron chi connectivity index (χ3n) is 9.15. The highest BCUT2D eigenvalue weighted by Gasteiger charge is 2.32. The molecule has 0 saturated carbocycles. The first-order valence-corrected chi connectivity index (χ1v) is 19.4. The fourth-order valence-corrected chi connectivity index (χ4v) is 6.50. The molecule has 0 aliphatic carbocycles. The highest BCUT2D eigenvalue weighted by Crippen LogP contribution is 2.21. The molecular weight excluding hydrogens is 794 g/mol. The molecule has 0 fully saturated rings. The molecule has 1 unspecified atom stereocenters. The fraction of sp³-hybridized carbons (Fsp3) is 0.302. The van der Waals surface area contributed by atoms with Crippen molar-refractivity contribution in [1.82, 2.24) is 25.9 Å². The van der Waals surface area contributed by atoms with Gasteiger partial charge in [-0.1, -0.05) is 115 Å². The van der Waals surface area contributed by atoms with E-state index < -0.39 is 66.9 Å². The highest BCUT2D eigenvalue weighted by molar-refractivity contribution is 9.10. The number of fused-ring (bicyclic) bond motifs is 1. The Kier molecular flexibility index (Phi) is 15.5. The van der Waals surface area contributed by atoms with Crippen LogP contribution in [-0.2, 0) is 43.3 Å². The minimum Gasteiger partial charge on any atom is -0.457 e. The summed E-state index contributed by atoms with van der Waals surface area (Å²) in [6.45, 7) is 3.25. The van der Waals surface area contributed by atoms with E-state index in [9.17, 15) is 29.1 Å². The van der Waals surface area contributed by atoms with E-state index in [4.69, 9.17) is 9.47 Å². The molecule has 57 heavy (non-hydrogen) atoms. The van der Waals surface area contributed by atoms with E-state index >= 15 is 0 Å². The van der Waals surface area contributed by atoms with Crippen LogP contribution in [0.2, 0.25) is 0 Å². The van der Waals surface area contributed by atoms with Crippen LogP contribution in [0.3, 0.4) is 0 Å². The number of ether oxygens (including phenoxy) is 2. The third kappa shape index (κ3) is 13.1. The zero-order valence-electron chi connectivity index (χ0n) is 31.7. The van der Waals surface area contributed by atoms with Gasteiger partial charge in [0.1, 0.15) is 18.7 Å². The standard InChI is InChI=1S/C43H46BrN5O8/c1-27(2)19-35(38(50)22-40(52)56-25-39(51)30-15-17-32(44)18-16-30)47-42(54)37(21-33-23-45-26-46-33)48-41(53)36(49-43(55)57-24-28-9-4-3-5-10-28)20-31-13-8-12-29-11-6-7-14-34(29)31/h3-18,23,26-27,35-38,50H,19-22,24-25H2,1-2H3,(H,45,46)(H,47,54)(H,48,53)(H,49,55)/t35-,36+,37?,38-/m0/s1. The SMILES string of the molecule is CC(C)C[C@H](NC(=O)C(Cc1c[nH]cn1)NC(=O)[C@@H](Cc1cccc2ccccc12)NC(=O)OCc1ccccc1)[C@@H](O)CC(=O)OCC(=O)c1ccc(Br)cc1. The van der Waals surface area contributed by atoms with Crippen LogP contribution in [-0.4, -0.2) is 75.6 Å². The predicted molar refractivity (Wildman–Crippen MR) is 217 cm³/mol. The van der Waals surface area contributed by atoms with Gasteiger partial charge in [0, 0.05) is 29.1 Å². The predicted octanol–water partition coefficient (Wildman–Crippen LogP) is 5.60. The Balaban J connectivity index is 1.31. The Hall–Kier alpha value is -5.86. The number of aliphatic hydroxyl groups is 1. The van der Waals surface area contributed by atoms with E-state index in [0.29, 0.717) is 11.3 Å². The van der Waals surface area contributed by atoms with Gasteiger partial charge in [-0.05, 0) is 46.4 Å². The lowest BCUT2D eigenvalue weighted by Crippen LogP contribution is -2.57. The number of carbonyl (C=O) groups excluding carboxylic acids is 5. The summed E-state index contributed by atoms with van der Waals surface area (Å²) in [5.41, 5.74) is 2.38. The third-order valence-corrected chi connectivity index (χ3v) is 9.68. The molecular formula is C43H46BrN5O8. The maximum Gasteiger partial charge on any atom is 0.408 e. The van der Waals surface area contributed by atoms with E-state index in [1.54, 1.807) is 30.5 Å². The number of imidazole rings is 1. The molecule has 298 valence electrons. The maximum absolute atomic E-state index is 14.2. The maximum atomic E-state index is 14.2. The number of H-pyrrole nitrogens is 1. The van der Waals surface area contributed by atoms with Gasteiger partial charge in [-0.15, -0.1) is 0 Å². The average molecular weight is 841 g/mol. The molecule has 0 bridgehead atoms. The molecule has 4 aromatic carbocycles. The number of ketones is 1. The number of benzene rings is 4.